The summed E-state index contributed by atoms with van der Waals surface area (Å²) in [6.45, 7) is 4.67. The van der Waals surface area contributed by atoms with Crippen molar-refractivity contribution in [3.63, 3.8) is 0 Å². The number of carbonyl (C=O) groups excluding carboxylic acids is 2. The van der Waals surface area contributed by atoms with E-state index in [1.165, 1.54) is 11.1 Å². The lowest BCUT2D eigenvalue weighted by molar-refractivity contribution is -0.137. The Morgan fingerprint density at radius 1 is 1.04 bits per heavy atom. The highest BCUT2D eigenvalue weighted by Crippen LogP contribution is 2.41. The lowest BCUT2D eigenvalue weighted by atomic mass is 9.69. The minimum atomic E-state index is -0.199. The Kier molecular flexibility index (Phi) is 5.21. The van der Waals surface area contributed by atoms with E-state index in [0.717, 1.165) is 19.4 Å². The van der Waals surface area contributed by atoms with Gasteiger partial charge in [0.1, 0.15) is 0 Å². The van der Waals surface area contributed by atoms with Crippen molar-refractivity contribution in [3.05, 3.63) is 71.8 Å². The molecule has 146 valence electrons. The topological polar surface area (TPSA) is 40.6 Å². The summed E-state index contributed by atoms with van der Waals surface area (Å²) in [5, 5.41) is 0. The number of likely N-dealkylation sites (tertiary alicyclic amines) is 2. The number of hydrogen-bond donors (Lipinski definition) is 0. The van der Waals surface area contributed by atoms with Crippen molar-refractivity contribution in [2.45, 2.75) is 31.6 Å². The van der Waals surface area contributed by atoms with Crippen LogP contribution >= 0.6 is 0 Å². The van der Waals surface area contributed by atoms with Crippen molar-refractivity contribution in [2.24, 2.45) is 5.92 Å². The zero-order chi connectivity index (χ0) is 19.6. The molecule has 1 atom stereocenters. The Morgan fingerprint density at radius 2 is 1.64 bits per heavy atom. The van der Waals surface area contributed by atoms with Gasteiger partial charge in [0.15, 0.2) is 0 Å². The van der Waals surface area contributed by atoms with E-state index in [4.69, 9.17) is 0 Å². The van der Waals surface area contributed by atoms with E-state index in [2.05, 4.69) is 48.5 Å². The van der Waals surface area contributed by atoms with Crippen LogP contribution in [0.2, 0.25) is 0 Å². The molecular formula is C24H28N2O2. The van der Waals surface area contributed by atoms with Gasteiger partial charge >= 0.3 is 0 Å². The summed E-state index contributed by atoms with van der Waals surface area (Å²) in [6.07, 6.45) is 2.34. The maximum Gasteiger partial charge on any atom is 0.228 e. The van der Waals surface area contributed by atoms with Gasteiger partial charge in [-0.05, 0) is 30.9 Å². The third-order valence-electron chi connectivity index (χ3n) is 6.40. The van der Waals surface area contributed by atoms with Gasteiger partial charge in [0.2, 0.25) is 11.8 Å². The molecule has 2 saturated heterocycles. The molecule has 2 aromatic rings. The summed E-state index contributed by atoms with van der Waals surface area (Å²) in [5.41, 5.74) is 2.33. The molecule has 0 aliphatic carbocycles. The summed E-state index contributed by atoms with van der Waals surface area (Å²) in [5.74, 6) is 0.0466. The molecule has 4 rings (SSSR count). The quantitative estimate of drug-likeness (QED) is 0.820. The minimum absolute atomic E-state index is 0.107. The van der Waals surface area contributed by atoms with Gasteiger partial charge in [-0.1, -0.05) is 60.7 Å². The Hall–Kier alpha value is -2.62. The van der Waals surface area contributed by atoms with Crippen molar-refractivity contribution in [1.29, 1.82) is 0 Å². The van der Waals surface area contributed by atoms with Crippen LogP contribution in [0.3, 0.4) is 0 Å². The van der Waals surface area contributed by atoms with E-state index < -0.39 is 0 Å². The molecule has 2 aliphatic heterocycles. The van der Waals surface area contributed by atoms with Gasteiger partial charge in [0, 0.05) is 38.0 Å². The minimum Gasteiger partial charge on any atom is -0.342 e. The van der Waals surface area contributed by atoms with E-state index in [0.29, 0.717) is 26.1 Å². The monoisotopic (exact) mass is 376 g/mol. The van der Waals surface area contributed by atoms with Gasteiger partial charge in [-0.3, -0.25) is 9.59 Å². The predicted molar refractivity (Wildman–Crippen MR) is 110 cm³/mol. The molecule has 0 radical (unpaired) electrons. The highest BCUT2D eigenvalue weighted by Gasteiger charge is 2.43. The van der Waals surface area contributed by atoms with E-state index in [-0.39, 0.29) is 23.1 Å². The summed E-state index contributed by atoms with van der Waals surface area (Å²) >= 11 is 0. The molecule has 0 saturated carbocycles. The fourth-order valence-electron chi connectivity index (χ4n) is 4.90. The van der Waals surface area contributed by atoms with Gasteiger partial charge in [-0.25, -0.2) is 0 Å². The largest absolute Gasteiger partial charge is 0.342 e. The van der Waals surface area contributed by atoms with Crippen molar-refractivity contribution >= 4 is 11.8 Å². The van der Waals surface area contributed by atoms with Crippen LogP contribution in [0.1, 0.15) is 37.3 Å². The maximum atomic E-state index is 13.3. The Bertz CT molecular complexity index is 795. The van der Waals surface area contributed by atoms with Gasteiger partial charge < -0.3 is 9.80 Å². The number of hydrogen-bond acceptors (Lipinski definition) is 2. The van der Waals surface area contributed by atoms with Gasteiger partial charge in [-0.2, -0.15) is 0 Å². The molecular weight excluding hydrogens is 348 g/mol. The fraction of sp³-hybridized carbons (Fsp3) is 0.417. The van der Waals surface area contributed by atoms with Gasteiger partial charge in [-0.15, -0.1) is 0 Å². The first kappa shape index (κ1) is 18.7. The number of piperidine rings is 1. The summed E-state index contributed by atoms with van der Waals surface area (Å²) in [6, 6.07) is 21.1. The van der Waals surface area contributed by atoms with E-state index in [9.17, 15) is 9.59 Å². The lowest BCUT2D eigenvalue weighted by Gasteiger charge is -2.44. The summed E-state index contributed by atoms with van der Waals surface area (Å²) in [7, 11) is 0. The number of rotatable bonds is 4. The normalized spacial score (nSPS) is 21.8. The van der Waals surface area contributed by atoms with Crippen LogP contribution in [0.4, 0.5) is 0 Å². The van der Waals surface area contributed by atoms with Crippen LogP contribution in [0.25, 0.3) is 0 Å². The predicted octanol–water partition coefficient (Wildman–Crippen LogP) is 3.46. The summed E-state index contributed by atoms with van der Waals surface area (Å²) < 4.78 is 0. The molecule has 0 spiro atoms. The average molecular weight is 377 g/mol. The molecule has 2 fully saturated rings. The third-order valence-corrected chi connectivity index (χ3v) is 6.40. The fourth-order valence-corrected chi connectivity index (χ4v) is 4.90. The second-order valence-electron chi connectivity index (χ2n) is 8.01. The van der Waals surface area contributed by atoms with E-state index in [1.807, 2.05) is 24.0 Å². The van der Waals surface area contributed by atoms with Gasteiger partial charge in [0.25, 0.3) is 0 Å². The maximum absolute atomic E-state index is 13.3. The van der Waals surface area contributed by atoms with Crippen molar-refractivity contribution < 1.29 is 9.59 Å². The molecule has 4 heteroatoms. The van der Waals surface area contributed by atoms with Crippen molar-refractivity contribution in [2.75, 3.05) is 26.2 Å². The number of carbonyl (C=O) groups is 2. The molecule has 2 aromatic carbocycles. The second kappa shape index (κ2) is 7.78. The number of benzene rings is 2. The molecule has 0 aromatic heterocycles. The van der Waals surface area contributed by atoms with Crippen LogP contribution in [-0.2, 0) is 15.0 Å². The number of nitrogens with zero attached hydrogens (tertiary/aromatic N) is 2. The van der Waals surface area contributed by atoms with Crippen molar-refractivity contribution in [3.8, 4) is 0 Å². The van der Waals surface area contributed by atoms with Crippen LogP contribution in [0, 0.1) is 5.92 Å². The molecule has 2 heterocycles. The zero-order valence-corrected chi connectivity index (χ0v) is 16.5. The van der Waals surface area contributed by atoms with E-state index >= 15 is 0 Å². The third kappa shape index (κ3) is 3.32. The lowest BCUT2D eigenvalue weighted by Crippen LogP contribution is -2.51. The summed E-state index contributed by atoms with van der Waals surface area (Å²) in [4.78, 5) is 29.2. The average Bonchev–Trinajstić information content (AvgIpc) is 3.15. The highest BCUT2D eigenvalue weighted by molar-refractivity contribution is 5.89. The van der Waals surface area contributed by atoms with Crippen LogP contribution in [-0.4, -0.2) is 47.8 Å². The molecule has 0 bridgehead atoms. The van der Waals surface area contributed by atoms with Crippen molar-refractivity contribution in [1.82, 2.24) is 9.80 Å². The Balaban J connectivity index is 1.64. The van der Waals surface area contributed by atoms with Crippen LogP contribution in [0.5, 0.6) is 0 Å². The Morgan fingerprint density at radius 3 is 2.18 bits per heavy atom. The smallest absolute Gasteiger partial charge is 0.228 e. The molecule has 0 N–H and O–H groups in total. The molecule has 28 heavy (non-hydrogen) atoms. The molecule has 2 amide bonds. The van der Waals surface area contributed by atoms with Crippen LogP contribution in [0.15, 0.2) is 60.7 Å². The van der Waals surface area contributed by atoms with E-state index in [1.54, 1.807) is 4.90 Å². The highest BCUT2D eigenvalue weighted by atomic mass is 16.2. The number of amides is 2. The van der Waals surface area contributed by atoms with Gasteiger partial charge in [0.05, 0.1) is 5.92 Å². The molecule has 2 aliphatic rings. The first-order chi connectivity index (χ1) is 13.6. The first-order valence-corrected chi connectivity index (χ1v) is 10.3. The Labute approximate surface area is 167 Å². The SMILES string of the molecule is CCN1C[C@@H](C(=O)N2CCCC(c3ccccc3)(c3ccccc3)C2)CC1=O. The zero-order valence-electron chi connectivity index (χ0n) is 16.5. The molecule has 4 nitrogen and oxygen atoms in total. The standard InChI is InChI=1S/C24H28N2O2/c1-2-25-17-19(16-22(25)27)23(28)26-15-9-14-24(18-26,20-10-5-3-6-11-20)21-12-7-4-8-13-21/h3-8,10-13,19H,2,9,14-18H2,1H3/t19-/m0/s1. The molecule has 0 unspecified atom stereocenters. The van der Waals surface area contributed by atoms with Crippen LogP contribution < -0.4 is 0 Å². The second-order valence-corrected chi connectivity index (χ2v) is 8.01. The first-order valence-electron chi connectivity index (χ1n) is 10.3.